The molecule has 1 aromatic heterocycles. The number of aromatic nitrogens is 1. The predicted molar refractivity (Wildman–Crippen MR) is 124 cm³/mol. The number of likely N-dealkylation sites (tertiary alicyclic amines) is 1. The van der Waals surface area contributed by atoms with E-state index in [0.29, 0.717) is 24.4 Å². The highest BCUT2D eigenvalue weighted by Gasteiger charge is 2.37. The van der Waals surface area contributed by atoms with E-state index in [1.165, 1.54) is 16.5 Å². The number of nitrogens with one attached hydrogen (secondary N) is 2. The minimum atomic E-state index is 0.316. The van der Waals surface area contributed by atoms with E-state index in [0.717, 1.165) is 55.8 Å². The fourth-order valence-electron chi connectivity index (χ4n) is 4.95. The van der Waals surface area contributed by atoms with Crippen molar-refractivity contribution in [2.45, 2.75) is 25.7 Å². The van der Waals surface area contributed by atoms with Crippen LogP contribution in [0.4, 0.5) is 5.69 Å². The van der Waals surface area contributed by atoms with Gasteiger partial charge in [0, 0.05) is 48.2 Å². The van der Waals surface area contributed by atoms with Gasteiger partial charge in [-0.25, -0.2) is 0 Å². The van der Waals surface area contributed by atoms with Crippen molar-refractivity contribution in [2.24, 2.45) is 16.9 Å². The van der Waals surface area contributed by atoms with Gasteiger partial charge in [-0.3, -0.25) is 10.2 Å². The predicted octanol–water partition coefficient (Wildman–Crippen LogP) is 4.16. The summed E-state index contributed by atoms with van der Waals surface area (Å²) in [6, 6.07) is 17.3. The van der Waals surface area contributed by atoms with Gasteiger partial charge in [-0.15, -0.1) is 0 Å². The summed E-state index contributed by atoms with van der Waals surface area (Å²) in [5.41, 5.74) is 7.92. The molecule has 1 saturated heterocycles. The number of amidine groups is 1. The second kappa shape index (κ2) is 7.45. The molecular formula is C25H27N5O. The molecule has 3 aromatic rings. The molecule has 1 atom stereocenters. The number of carbonyl (C=O) groups is 1. The number of benzene rings is 2. The number of aromatic amines is 1. The molecule has 0 bridgehead atoms. The third-order valence-corrected chi connectivity index (χ3v) is 6.83. The van der Waals surface area contributed by atoms with E-state index >= 15 is 0 Å². The summed E-state index contributed by atoms with van der Waals surface area (Å²) >= 11 is 0. The fraction of sp³-hybridized carbons (Fsp3) is 0.360. The molecule has 158 valence electrons. The van der Waals surface area contributed by atoms with Gasteiger partial charge in [-0.05, 0) is 60.6 Å². The molecule has 3 aliphatic rings. The molecule has 1 saturated carbocycles. The largest absolute Gasteiger partial charge is 0.361 e. The van der Waals surface area contributed by atoms with Crippen molar-refractivity contribution in [1.29, 1.82) is 0 Å². The van der Waals surface area contributed by atoms with Gasteiger partial charge in [0.2, 0.25) is 5.91 Å². The first-order chi connectivity index (χ1) is 15.3. The van der Waals surface area contributed by atoms with Crippen LogP contribution in [-0.2, 0) is 4.79 Å². The summed E-state index contributed by atoms with van der Waals surface area (Å²) in [7, 11) is 0. The van der Waals surface area contributed by atoms with E-state index in [1.54, 1.807) is 0 Å². The average molecular weight is 414 g/mol. The van der Waals surface area contributed by atoms with Crippen molar-refractivity contribution in [3.63, 3.8) is 0 Å². The lowest BCUT2D eigenvalue weighted by Crippen LogP contribution is -2.32. The molecule has 3 heterocycles. The van der Waals surface area contributed by atoms with Crippen LogP contribution in [0.5, 0.6) is 0 Å². The van der Waals surface area contributed by atoms with Crippen LogP contribution in [0.1, 0.15) is 25.7 Å². The fourth-order valence-corrected chi connectivity index (χ4v) is 4.95. The summed E-state index contributed by atoms with van der Waals surface area (Å²) in [4.78, 5) is 20.0. The third kappa shape index (κ3) is 3.46. The zero-order valence-corrected chi connectivity index (χ0v) is 17.6. The van der Waals surface area contributed by atoms with Crippen LogP contribution in [0.15, 0.2) is 59.8 Å². The van der Waals surface area contributed by atoms with Gasteiger partial charge in [-0.2, -0.15) is 5.10 Å². The molecule has 0 spiro atoms. The van der Waals surface area contributed by atoms with E-state index < -0.39 is 0 Å². The Morgan fingerprint density at radius 2 is 1.94 bits per heavy atom. The number of amides is 1. The maximum Gasteiger partial charge on any atom is 0.225 e. The average Bonchev–Trinajstić information content (AvgIpc) is 3.17. The van der Waals surface area contributed by atoms with Crippen molar-refractivity contribution in [2.75, 3.05) is 24.7 Å². The number of hydrogen-bond acceptors (Lipinski definition) is 4. The quantitative estimate of drug-likeness (QED) is 0.660. The molecule has 2 aromatic carbocycles. The highest BCUT2D eigenvalue weighted by Crippen LogP contribution is 2.34. The second-order valence-corrected chi connectivity index (χ2v) is 8.98. The number of carbonyl (C=O) groups excluding carboxylic acids is 1. The van der Waals surface area contributed by atoms with Crippen LogP contribution in [0, 0.1) is 11.8 Å². The summed E-state index contributed by atoms with van der Waals surface area (Å²) in [5, 5.41) is 5.82. The van der Waals surface area contributed by atoms with Crippen LogP contribution < -0.4 is 10.3 Å². The number of fused-ring (bicyclic) bond motifs is 1. The topological polar surface area (TPSA) is 63.7 Å². The molecule has 6 rings (SSSR count). The normalized spacial score (nSPS) is 20.9. The van der Waals surface area contributed by atoms with E-state index in [2.05, 4.69) is 73.8 Å². The third-order valence-electron chi connectivity index (χ3n) is 6.83. The van der Waals surface area contributed by atoms with E-state index in [1.807, 2.05) is 6.20 Å². The first-order valence-electron chi connectivity index (χ1n) is 11.3. The minimum Gasteiger partial charge on any atom is -0.361 e. The van der Waals surface area contributed by atoms with Crippen molar-refractivity contribution < 1.29 is 4.79 Å². The zero-order valence-electron chi connectivity index (χ0n) is 17.6. The van der Waals surface area contributed by atoms with Gasteiger partial charge in [-0.1, -0.05) is 24.3 Å². The highest BCUT2D eigenvalue weighted by atomic mass is 16.2. The number of hydrazone groups is 1. The Morgan fingerprint density at radius 1 is 1.06 bits per heavy atom. The highest BCUT2D eigenvalue weighted by molar-refractivity contribution is 6.00. The smallest absolute Gasteiger partial charge is 0.225 e. The molecule has 0 unspecified atom stereocenters. The lowest BCUT2D eigenvalue weighted by atomic mass is 10.0. The van der Waals surface area contributed by atoms with Crippen molar-refractivity contribution >= 4 is 28.3 Å². The zero-order chi connectivity index (χ0) is 20.8. The molecule has 2 aliphatic heterocycles. The van der Waals surface area contributed by atoms with E-state index in [9.17, 15) is 4.79 Å². The Labute approximate surface area is 181 Å². The molecule has 1 aliphatic carbocycles. The molecule has 2 fully saturated rings. The lowest BCUT2D eigenvalue weighted by Gasteiger charge is -2.22. The summed E-state index contributed by atoms with van der Waals surface area (Å²) < 4.78 is 0. The molecule has 0 radical (unpaired) electrons. The maximum absolute atomic E-state index is 12.4. The van der Waals surface area contributed by atoms with Crippen molar-refractivity contribution in [3.05, 3.63) is 54.7 Å². The summed E-state index contributed by atoms with van der Waals surface area (Å²) in [6.07, 6.45) is 6.14. The Bertz CT molecular complexity index is 1140. The lowest BCUT2D eigenvalue weighted by molar-refractivity contribution is -0.131. The maximum atomic E-state index is 12.4. The van der Waals surface area contributed by atoms with E-state index in [-0.39, 0.29) is 0 Å². The molecule has 1 amide bonds. The van der Waals surface area contributed by atoms with E-state index in [4.69, 9.17) is 0 Å². The molecule has 6 nitrogen and oxygen atoms in total. The van der Waals surface area contributed by atoms with Crippen LogP contribution in [0.25, 0.3) is 22.0 Å². The standard InChI is InChI=1S/C25H27N5O/c31-25(19-4-5-19)29-13-11-17(15-29)14-24-28-27-16-30(24)20-8-6-18(7-9-20)21-2-1-3-23-22(21)10-12-26-23/h1-3,6-10,12,17,19,26-27H,4-5,11,13-16H2/t17-/m0/s1. The van der Waals surface area contributed by atoms with Crippen molar-refractivity contribution in [3.8, 4) is 11.1 Å². The summed E-state index contributed by atoms with van der Waals surface area (Å²) in [5.74, 6) is 2.26. The van der Waals surface area contributed by atoms with Crippen LogP contribution >= 0.6 is 0 Å². The van der Waals surface area contributed by atoms with Gasteiger partial charge in [0.15, 0.2) is 0 Å². The molecule has 31 heavy (non-hydrogen) atoms. The van der Waals surface area contributed by atoms with Gasteiger partial charge >= 0.3 is 0 Å². The Morgan fingerprint density at radius 3 is 2.77 bits per heavy atom. The molecular weight excluding hydrogens is 386 g/mol. The van der Waals surface area contributed by atoms with Crippen LogP contribution in [-0.4, -0.2) is 41.4 Å². The molecule has 6 heteroatoms. The number of anilines is 1. The van der Waals surface area contributed by atoms with Gasteiger partial charge in [0.25, 0.3) is 0 Å². The summed E-state index contributed by atoms with van der Waals surface area (Å²) in [6.45, 7) is 2.47. The van der Waals surface area contributed by atoms with Gasteiger partial charge in [0.05, 0.1) is 0 Å². The monoisotopic (exact) mass is 413 g/mol. The minimum absolute atomic E-state index is 0.316. The molecule has 2 N–H and O–H groups in total. The number of H-pyrrole nitrogens is 1. The number of hydrogen-bond donors (Lipinski definition) is 2. The second-order valence-electron chi connectivity index (χ2n) is 8.98. The van der Waals surface area contributed by atoms with Crippen molar-refractivity contribution in [1.82, 2.24) is 15.3 Å². The number of nitrogens with zero attached hydrogens (tertiary/aromatic N) is 3. The van der Waals surface area contributed by atoms with Gasteiger partial charge < -0.3 is 14.8 Å². The number of rotatable bonds is 5. The van der Waals surface area contributed by atoms with Crippen LogP contribution in [0.3, 0.4) is 0 Å². The first-order valence-corrected chi connectivity index (χ1v) is 11.3. The Hall–Kier alpha value is -3.28. The Kier molecular flexibility index (Phi) is 4.44. The van der Waals surface area contributed by atoms with Gasteiger partial charge in [0.1, 0.15) is 12.5 Å². The first kappa shape index (κ1) is 18.5. The Balaban J connectivity index is 1.16. The van der Waals surface area contributed by atoms with Crippen LogP contribution in [0.2, 0.25) is 0 Å². The SMILES string of the molecule is O=C(C1CC1)N1CC[C@@H](CC2=NNCN2c2ccc(-c3cccc4[nH]ccc34)cc2)C1.